The van der Waals surface area contributed by atoms with Crippen LogP contribution in [0.4, 0.5) is 0 Å². The van der Waals surface area contributed by atoms with E-state index in [0.717, 1.165) is 43.4 Å². The fourth-order valence-electron chi connectivity index (χ4n) is 2.95. The second-order valence-corrected chi connectivity index (χ2v) is 5.57. The van der Waals surface area contributed by atoms with E-state index in [2.05, 4.69) is 27.2 Å². The van der Waals surface area contributed by atoms with E-state index in [1.807, 2.05) is 13.0 Å². The highest BCUT2D eigenvalue weighted by molar-refractivity contribution is 5.44. The zero-order chi connectivity index (χ0) is 14.2. The Kier molecular flexibility index (Phi) is 3.03. The third-order valence-corrected chi connectivity index (χ3v) is 4.01. The Labute approximate surface area is 122 Å². The van der Waals surface area contributed by atoms with Crippen LogP contribution >= 0.6 is 0 Å². The highest BCUT2D eigenvalue weighted by Gasteiger charge is 2.28. The molecule has 3 heterocycles. The van der Waals surface area contributed by atoms with Gasteiger partial charge in [0, 0.05) is 20.0 Å². The molecule has 1 aromatic carbocycles. The van der Waals surface area contributed by atoms with Crippen LogP contribution in [0, 0.1) is 6.92 Å². The van der Waals surface area contributed by atoms with Gasteiger partial charge in [0.25, 0.3) is 0 Å². The SMILES string of the molecule is Cc1nnc(C2CCN(Cc3ccc4c(c3)OCO4)C2)o1. The van der Waals surface area contributed by atoms with Crippen LogP contribution in [0.25, 0.3) is 0 Å². The van der Waals surface area contributed by atoms with Crippen molar-refractivity contribution in [3.8, 4) is 11.5 Å². The zero-order valence-corrected chi connectivity index (χ0v) is 11.9. The summed E-state index contributed by atoms with van der Waals surface area (Å²) < 4.78 is 16.3. The lowest BCUT2D eigenvalue weighted by atomic mass is 10.1. The smallest absolute Gasteiger partial charge is 0.231 e. The first-order chi connectivity index (χ1) is 10.3. The number of aromatic nitrogens is 2. The molecule has 2 aromatic rings. The van der Waals surface area contributed by atoms with Crippen molar-refractivity contribution in [2.24, 2.45) is 0 Å². The molecule has 0 spiro atoms. The largest absolute Gasteiger partial charge is 0.454 e. The van der Waals surface area contributed by atoms with Crippen molar-refractivity contribution in [3.63, 3.8) is 0 Å². The maximum Gasteiger partial charge on any atom is 0.231 e. The molecule has 2 aliphatic rings. The maximum absolute atomic E-state index is 5.54. The van der Waals surface area contributed by atoms with E-state index in [4.69, 9.17) is 13.9 Å². The molecule has 1 fully saturated rings. The molecule has 6 heteroatoms. The minimum atomic E-state index is 0.321. The summed E-state index contributed by atoms with van der Waals surface area (Å²) in [6.07, 6.45) is 1.06. The fourth-order valence-corrected chi connectivity index (χ4v) is 2.95. The third kappa shape index (κ3) is 2.47. The van der Waals surface area contributed by atoms with Crippen molar-refractivity contribution >= 4 is 0 Å². The van der Waals surface area contributed by atoms with Gasteiger partial charge in [-0.15, -0.1) is 10.2 Å². The summed E-state index contributed by atoms with van der Waals surface area (Å²) in [7, 11) is 0. The topological polar surface area (TPSA) is 60.6 Å². The second kappa shape index (κ2) is 5.04. The van der Waals surface area contributed by atoms with Gasteiger partial charge in [-0.25, -0.2) is 0 Å². The molecular formula is C15H17N3O3. The summed E-state index contributed by atoms with van der Waals surface area (Å²) >= 11 is 0. The normalized spacial score (nSPS) is 21.1. The first-order valence-corrected chi connectivity index (χ1v) is 7.19. The van der Waals surface area contributed by atoms with E-state index < -0.39 is 0 Å². The number of likely N-dealkylation sites (tertiary alicyclic amines) is 1. The van der Waals surface area contributed by atoms with Crippen molar-refractivity contribution in [1.82, 2.24) is 15.1 Å². The van der Waals surface area contributed by atoms with Gasteiger partial charge in [0.15, 0.2) is 11.5 Å². The molecule has 6 nitrogen and oxygen atoms in total. The maximum atomic E-state index is 5.54. The summed E-state index contributed by atoms with van der Waals surface area (Å²) in [5, 5.41) is 8.05. The van der Waals surface area contributed by atoms with Crippen LogP contribution in [0.5, 0.6) is 11.5 Å². The lowest BCUT2D eigenvalue weighted by Crippen LogP contribution is -2.19. The molecule has 4 rings (SSSR count). The molecule has 1 saturated heterocycles. The Balaban J connectivity index is 1.42. The highest BCUT2D eigenvalue weighted by atomic mass is 16.7. The van der Waals surface area contributed by atoms with E-state index in [9.17, 15) is 0 Å². The molecule has 0 saturated carbocycles. The molecule has 1 atom stereocenters. The summed E-state index contributed by atoms with van der Waals surface area (Å²) in [6, 6.07) is 6.14. The Morgan fingerprint density at radius 1 is 1.24 bits per heavy atom. The number of benzene rings is 1. The van der Waals surface area contributed by atoms with Crippen LogP contribution < -0.4 is 9.47 Å². The summed E-state index contributed by atoms with van der Waals surface area (Å²) in [6.45, 7) is 5.05. The Bertz CT molecular complexity index is 655. The standard InChI is InChI=1S/C15H17N3O3/c1-10-16-17-15(21-10)12-4-5-18(8-12)7-11-2-3-13-14(6-11)20-9-19-13/h2-3,6,12H,4-5,7-9H2,1H3. The Morgan fingerprint density at radius 3 is 3.00 bits per heavy atom. The van der Waals surface area contributed by atoms with Crippen LogP contribution in [0.2, 0.25) is 0 Å². The van der Waals surface area contributed by atoms with Crippen LogP contribution in [0.15, 0.2) is 22.6 Å². The van der Waals surface area contributed by atoms with Gasteiger partial charge in [-0.3, -0.25) is 4.90 Å². The van der Waals surface area contributed by atoms with E-state index in [0.29, 0.717) is 18.6 Å². The molecule has 2 aliphatic heterocycles. The van der Waals surface area contributed by atoms with Gasteiger partial charge < -0.3 is 13.9 Å². The number of rotatable bonds is 3. The fraction of sp³-hybridized carbons (Fsp3) is 0.467. The number of hydrogen-bond donors (Lipinski definition) is 0. The summed E-state index contributed by atoms with van der Waals surface area (Å²) in [4.78, 5) is 2.40. The first kappa shape index (κ1) is 12.6. The number of aryl methyl sites for hydroxylation is 1. The van der Waals surface area contributed by atoms with E-state index in [1.165, 1.54) is 5.56 Å². The Hall–Kier alpha value is -2.08. The van der Waals surface area contributed by atoms with Gasteiger partial charge in [-0.2, -0.15) is 0 Å². The Morgan fingerprint density at radius 2 is 2.14 bits per heavy atom. The van der Waals surface area contributed by atoms with E-state index in [1.54, 1.807) is 0 Å². The second-order valence-electron chi connectivity index (χ2n) is 5.57. The number of hydrogen-bond acceptors (Lipinski definition) is 6. The molecule has 0 bridgehead atoms. The lowest BCUT2D eigenvalue weighted by Gasteiger charge is -2.15. The molecule has 110 valence electrons. The van der Waals surface area contributed by atoms with Crippen molar-refractivity contribution in [2.45, 2.75) is 25.8 Å². The quantitative estimate of drug-likeness (QED) is 0.861. The predicted octanol–water partition coefficient (Wildman–Crippen LogP) is 2.10. The van der Waals surface area contributed by atoms with Gasteiger partial charge in [0.2, 0.25) is 18.6 Å². The lowest BCUT2D eigenvalue weighted by molar-refractivity contribution is 0.174. The first-order valence-electron chi connectivity index (χ1n) is 7.19. The summed E-state index contributed by atoms with van der Waals surface area (Å²) in [5.74, 6) is 3.43. The average molecular weight is 287 g/mol. The molecule has 0 aliphatic carbocycles. The van der Waals surface area contributed by atoms with Crippen LogP contribution in [0.1, 0.15) is 29.7 Å². The van der Waals surface area contributed by atoms with Gasteiger partial charge in [0.05, 0.1) is 5.92 Å². The van der Waals surface area contributed by atoms with Gasteiger partial charge >= 0.3 is 0 Å². The molecule has 21 heavy (non-hydrogen) atoms. The van der Waals surface area contributed by atoms with Crippen molar-refractivity contribution in [1.29, 1.82) is 0 Å². The van der Waals surface area contributed by atoms with E-state index in [-0.39, 0.29) is 0 Å². The van der Waals surface area contributed by atoms with Crippen LogP contribution in [0.3, 0.4) is 0 Å². The molecule has 1 unspecified atom stereocenters. The molecule has 1 aromatic heterocycles. The van der Waals surface area contributed by atoms with Gasteiger partial charge in [0.1, 0.15) is 0 Å². The van der Waals surface area contributed by atoms with Gasteiger partial charge in [-0.05, 0) is 30.7 Å². The summed E-state index contributed by atoms with van der Waals surface area (Å²) in [5.41, 5.74) is 1.24. The molecule has 0 N–H and O–H groups in total. The highest BCUT2D eigenvalue weighted by Crippen LogP contribution is 2.34. The van der Waals surface area contributed by atoms with Crippen LogP contribution in [-0.2, 0) is 6.54 Å². The van der Waals surface area contributed by atoms with Crippen molar-refractivity contribution in [3.05, 3.63) is 35.5 Å². The van der Waals surface area contributed by atoms with Crippen LogP contribution in [-0.4, -0.2) is 35.0 Å². The molecule has 0 radical (unpaired) electrons. The zero-order valence-electron chi connectivity index (χ0n) is 11.9. The predicted molar refractivity (Wildman–Crippen MR) is 74.2 cm³/mol. The molecule has 0 amide bonds. The van der Waals surface area contributed by atoms with Gasteiger partial charge in [-0.1, -0.05) is 6.07 Å². The van der Waals surface area contributed by atoms with Crippen molar-refractivity contribution in [2.75, 3.05) is 19.9 Å². The third-order valence-electron chi connectivity index (χ3n) is 4.01. The van der Waals surface area contributed by atoms with Crippen molar-refractivity contribution < 1.29 is 13.9 Å². The molecular weight excluding hydrogens is 270 g/mol. The minimum Gasteiger partial charge on any atom is -0.454 e. The monoisotopic (exact) mass is 287 g/mol. The number of nitrogens with zero attached hydrogens (tertiary/aromatic N) is 3. The number of fused-ring (bicyclic) bond motifs is 1. The van der Waals surface area contributed by atoms with E-state index >= 15 is 0 Å². The minimum absolute atomic E-state index is 0.321. The average Bonchev–Trinajstić information content (AvgIpc) is 3.18. The number of ether oxygens (including phenoxy) is 2.